The summed E-state index contributed by atoms with van der Waals surface area (Å²) in [6.45, 7) is 2.42. The fourth-order valence-electron chi connectivity index (χ4n) is 3.18. The molecule has 0 unspecified atom stereocenters. The van der Waals surface area contributed by atoms with Crippen molar-refractivity contribution in [2.45, 2.75) is 6.92 Å². The molecule has 0 atom stereocenters. The molecule has 3 aromatic carbocycles. The zero-order valence-corrected chi connectivity index (χ0v) is 20.5. The summed E-state index contributed by atoms with van der Waals surface area (Å²) in [5.41, 5.74) is 2.33. The average molecular weight is 538 g/mol. The predicted octanol–water partition coefficient (Wildman–Crippen LogP) is 5.97. The van der Waals surface area contributed by atoms with Gasteiger partial charge in [0.05, 0.1) is 11.1 Å². The normalized spacial score (nSPS) is 10.5. The van der Waals surface area contributed by atoms with Crippen LogP contribution in [0.25, 0.3) is 11.0 Å². The lowest BCUT2D eigenvalue weighted by Gasteiger charge is -2.11. The van der Waals surface area contributed by atoms with Gasteiger partial charge in [-0.05, 0) is 89.7 Å². The number of para-hydroxylation sites is 1. The van der Waals surface area contributed by atoms with E-state index in [9.17, 15) is 9.59 Å². The minimum absolute atomic E-state index is 0.147. The Balaban J connectivity index is 1.33. The summed E-state index contributed by atoms with van der Waals surface area (Å²) in [6.07, 6.45) is 0. The van der Waals surface area contributed by atoms with Gasteiger partial charge in [0.2, 0.25) is 0 Å². The van der Waals surface area contributed by atoms with Crippen LogP contribution in [0.15, 0.2) is 81.7 Å². The lowest BCUT2D eigenvalue weighted by molar-refractivity contribution is 0.0975. The number of furan rings is 1. The van der Waals surface area contributed by atoms with E-state index in [1.54, 1.807) is 48.5 Å². The third kappa shape index (κ3) is 5.62. The molecule has 0 aliphatic heterocycles. The van der Waals surface area contributed by atoms with Crippen LogP contribution in [0, 0.1) is 0 Å². The molecule has 1 aromatic heterocycles. The maximum atomic E-state index is 12.5. The quantitative estimate of drug-likeness (QED) is 0.262. The van der Waals surface area contributed by atoms with Crippen LogP contribution >= 0.6 is 28.1 Å². The van der Waals surface area contributed by atoms with E-state index in [0.29, 0.717) is 39.4 Å². The lowest BCUT2D eigenvalue weighted by atomic mass is 10.2. The number of hydrogen-bond donors (Lipinski definition) is 3. The van der Waals surface area contributed by atoms with Crippen molar-refractivity contribution in [3.8, 4) is 5.75 Å². The molecule has 34 heavy (non-hydrogen) atoms. The molecule has 4 aromatic rings. The van der Waals surface area contributed by atoms with Crippen molar-refractivity contribution in [3.05, 3.63) is 88.6 Å². The van der Waals surface area contributed by atoms with Crippen molar-refractivity contribution in [3.63, 3.8) is 0 Å². The van der Waals surface area contributed by atoms with E-state index < -0.39 is 0 Å². The number of carbonyl (C=O) groups excluding carboxylic acids is 2. The predicted molar refractivity (Wildman–Crippen MR) is 140 cm³/mol. The third-order valence-electron chi connectivity index (χ3n) is 4.77. The van der Waals surface area contributed by atoms with Gasteiger partial charge >= 0.3 is 0 Å². The Bertz CT molecular complexity index is 1340. The molecule has 0 spiro atoms. The van der Waals surface area contributed by atoms with Crippen LogP contribution < -0.4 is 20.7 Å². The van der Waals surface area contributed by atoms with Gasteiger partial charge in [-0.3, -0.25) is 14.9 Å². The van der Waals surface area contributed by atoms with Crippen LogP contribution in [0.5, 0.6) is 5.75 Å². The SMILES string of the molecule is CCOc1ccc(C(=O)NC(=S)Nc2ccc(NC(=O)c3cc4ccccc4o3)cc2)cc1Br. The van der Waals surface area contributed by atoms with E-state index in [-0.39, 0.29) is 22.7 Å². The molecule has 9 heteroatoms. The monoisotopic (exact) mass is 537 g/mol. The molecular weight excluding hydrogens is 518 g/mol. The van der Waals surface area contributed by atoms with Gasteiger partial charge in [-0.15, -0.1) is 0 Å². The van der Waals surface area contributed by atoms with Crippen LogP contribution in [-0.2, 0) is 0 Å². The summed E-state index contributed by atoms with van der Waals surface area (Å²) in [5, 5.41) is 9.40. The van der Waals surface area contributed by atoms with E-state index in [0.717, 1.165) is 5.39 Å². The number of ether oxygens (including phenoxy) is 1. The van der Waals surface area contributed by atoms with Crippen molar-refractivity contribution in [2.24, 2.45) is 0 Å². The summed E-state index contributed by atoms with van der Waals surface area (Å²) < 4.78 is 11.7. The molecule has 172 valence electrons. The second-order valence-electron chi connectivity index (χ2n) is 7.17. The van der Waals surface area contributed by atoms with E-state index in [4.69, 9.17) is 21.4 Å². The topological polar surface area (TPSA) is 92.6 Å². The van der Waals surface area contributed by atoms with Crippen molar-refractivity contribution in [1.29, 1.82) is 0 Å². The molecule has 0 saturated carbocycles. The maximum Gasteiger partial charge on any atom is 0.291 e. The molecule has 1 heterocycles. The van der Waals surface area contributed by atoms with Gasteiger partial charge in [-0.25, -0.2) is 0 Å². The summed E-state index contributed by atoms with van der Waals surface area (Å²) in [7, 11) is 0. The number of hydrogen-bond acceptors (Lipinski definition) is 5. The Morgan fingerprint density at radius 3 is 2.32 bits per heavy atom. The van der Waals surface area contributed by atoms with E-state index in [1.165, 1.54) is 0 Å². The molecule has 4 rings (SSSR count). The molecule has 0 fully saturated rings. The molecule has 0 bridgehead atoms. The number of amides is 2. The first-order valence-electron chi connectivity index (χ1n) is 10.4. The first kappa shape index (κ1) is 23.5. The molecule has 0 radical (unpaired) electrons. The van der Waals surface area contributed by atoms with E-state index >= 15 is 0 Å². The van der Waals surface area contributed by atoms with Crippen LogP contribution in [0.4, 0.5) is 11.4 Å². The smallest absolute Gasteiger partial charge is 0.291 e. The van der Waals surface area contributed by atoms with Crippen molar-refractivity contribution in [2.75, 3.05) is 17.2 Å². The highest BCUT2D eigenvalue weighted by Crippen LogP contribution is 2.26. The van der Waals surface area contributed by atoms with Crippen LogP contribution in [0.1, 0.15) is 27.8 Å². The number of thiocarbonyl (C=S) groups is 1. The summed E-state index contributed by atoms with van der Waals surface area (Å²) in [6, 6.07) is 21.1. The van der Waals surface area contributed by atoms with E-state index in [2.05, 4.69) is 31.9 Å². The molecule has 0 aliphatic carbocycles. The molecule has 0 aliphatic rings. The van der Waals surface area contributed by atoms with Gasteiger partial charge in [0.25, 0.3) is 11.8 Å². The Morgan fingerprint density at radius 2 is 1.65 bits per heavy atom. The van der Waals surface area contributed by atoms with Gasteiger partial charge in [-0.2, -0.15) is 0 Å². The number of rotatable bonds is 6. The minimum atomic E-state index is -0.351. The maximum absolute atomic E-state index is 12.5. The van der Waals surface area contributed by atoms with Gasteiger partial charge in [0.1, 0.15) is 11.3 Å². The molecular formula is C25H20BrN3O4S. The Kier molecular flexibility index (Phi) is 7.24. The number of benzene rings is 3. The molecule has 3 N–H and O–H groups in total. The summed E-state index contributed by atoms with van der Waals surface area (Å²) >= 11 is 8.64. The Hall–Kier alpha value is -3.69. The van der Waals surface area contributed by atoms with E-state index in [1.807, 2.05) is 31.2 Å². The number of halogens is 1. The first-order chi connectivity index (χ1) is 16.4. The fraction of sp³-hybridized carbons (Fsp3) is 0.0800. The van der Waals surface area contributed by atoms with Crippen molar-refractivity contribution >= 4 is 67.4 Å². The zero-order chi connectivity index (χ0) is 24.1. The van der Waals surface area contributed by atoms with Crippen LogP contribution in [0.2, 0.25) is 0 Å². The summed E-state index contributed by atoms with van der Waals surface area (Å²) in [5.74, 6) is 0.192. The highest BCUT2D eigenvalue weighted by Gasteiger charge is 2.13. The minimum Gasteiger partial charge on any atom is -0.493 e. The molecule has 0 saturated heterocycles. The molecule has 2 amide bonds. The average Bonchev–Trinajstić information content (AvgIpc) is 3.26. The largest absolute Gasteiger partial charge is 0.493 e. The highest BCUT2D eigenvalue weighted by molar-refractivity contribution is 9.10. The second-order valence-corrected chi connectivity index (χ2v) is 8.43. The standard InChI is InChI=1S/C25H20BrN3O4S/c1-2-32-21-12-7-16(13-19(21)26)23(30)29-25(34)28-18-10-8-17(9-11-18)27-24(31)22-14-15-5-3-4-6-20(15)33-22/h3-14H,2H2,1H3,(H,27,31)(H2,28,29,30,34). The number of anilines is 2. The Morgan fingerprint density at radius 1 is 0.941 bits per heavy atom. The lowest BCUT2D eigenvalue weighted by Crippen LogP contribution is -2.34. The molecule has 7 nitrogen and oxygen atoms in total. The van der Waals surface area contributed by atoms with Crippen molar-refractivity contribution in [1.82, 2.24) is 5.32 Å². The number of carbonyl (C=O) groups is 2. The second kappa shape index (κ2) is 10.5. The summed E-state index contributed by atoms with van der Waals surface area (Å²) in [4.78, 5) is 25.0. The first-order valence-corrected chi connectivity index (χ1v) is 11.6. The van der Waals surface area contributed by atoms with Crippen LogP contribution in [-0.4, -0.2) is 23.5 Å². The van der Waals surface area contributed by atoms with Gasteiger partial charge in [0.15, 0.2) is 10.9 Å². The van der Waals surface area contributed by atoms with Crippen molar-refractivity contribution < 1.29 is 18.7 Å². The Labute approximate surface area is 209 Å². The third-order valence-corrected chi connectivity index (χ3v) is 5.59. The van der Waals surface area contributed by atoms with Gasteiger partial charge < -0.3 is 19.8 Å². The number of fused-ring (bicyclic) bond motifs is 1. The zero-order valence-electron chi connectivity index (χ0n) is 18.1. The highest BCUT2D eigenvalue weighted by atomic mass is 79.9. The number of nitrogens with one attached hydrogen (secondary N) is 3. The van der Waals surface area contributed by atoms with Gasteiger partial charge in [-0.1, -0.05) is 18.2 Å². The van der Waals surface area contributed by atoms with Crippen LogP contribution in [0.3, 0.4) is 0 Å². The van der Waals surface area contributed by atoms with Gasteiger partial charge in [0, 0.05) is 22.3 Å². The fourth-order valence-corrected chi connectivity index (χ4v) is 3.88.